The summed E-state index contributed by atoms with van der Waals surface area (Å²) in [6.07, 6.45) is 8.64. The van der Waals surface area contributed by atoms with Crippen molar-refractivity contribution in [3.63, 3.8) is 0 Å². The van der Waals surface area contributed by atoms with E-state index in [1.165, 1.54) is 51.6 Å². The normalized spacial score (nSPS) is 41.8. The van der Waals surface area contributed by atoms with Gasteiger partial charge in [-0.15, -0.1) is 0 Å². The summed E-state index contributed by atoms with van der Waals surface area (Å²) in [7, 11) is 0. The van der Waals surface area contributed by atoms with Gasteiger partial charge in [0.05, 0.1) is 0 Å². The van der Waals surface area contributed by atoms with E-state index in [1.54, 1.807) is 0 Å². The summed E-state index contributed by atoms with van der Waals surface area (Å²) < 4.78 is 0. The molecule has 2 aliphatic carbocycles. The van der Waals surface area contributed by atoms with Gasteiger partial charge in [0.2, 0.25) is 0 Å². The molecule has 1 saturated heterocycles. The number of piperazine rings is 1. The first kappa shape index (κ1) is 12.9. The molecule has 3 unspecified atom stereocenters. The molecule has 18 heavy (non-hydrogen) atoms. The first-order valence-electron chi connectivity index (χ1n) is 8.04. The standard InChI is InChI=1S/C16H30N2/c1-12-10-17-15(13-6-7-13)11-18(12)14-5-4-8-16(2,3)9-14/h12-15,17H,4-11H2,1-3H3. The monoisotopic (exact) mass is 250 g/mol. The van der Waals surface area contributed by atoms with E-state index >= 15 is 0 Å². The molecule has 0 bridgehead atoms. The van der Waals surface area contributed by atoms with Crippen LogP contribution in [-0.4, -0.2) is 36.1 Å². The average Bonchev–Trinajstić information content (AvgIpc) is 3.12. The van der Waals surface area contributed by atoms with Crippen LogP contribution >= 0.6 is 0 Å². The third-order valence-electron chi connectivity index (χ3n) is 5.49. The highest BCUT2D eigenvalue weighted by Gasteiger charge is 2.40. The predicted molar refractivity (Wildman–Crippen MR) is 76.7 cm³/mol. The van der Waals surface area contributed by atoms with E-state index in [-0.39, 0.29) is 0 Å². The summed E-state index contributed by atoms with van der Waals surface area (Å²) in [5, 5.41) is 3.78. The van der Waals surface area contributed by atoms with Crippen LogP contribution in [0.1, 0.15) is 59.3 Å². The second-order valence-corrected chi connectivity index (χ2v) is 7.81. The van der Waals surface area contributed by atoms with Gasteiger partial charge in [0, 0.05) is 31.2 Å². The Labute approximate surface area is 113 Å². The van der Waals surface area contributed by atoms with Crippen LogP contribution in [0.5, 0.6) is 0 Å². The maximum Gasteiger partial charge on any atom is 0.0224 e. The van der Waals surface area contributed by atoms with Gasteiger partial charge >= 0.3 is 0 Å². The lowest BCUT2D eigenvalue weighted by Crippen LogP contribution is -2.60. The van der Waals surface area contributed by atoms with Crippen LogP contribution in [0.4, 0.5) is 0 Å². The number of hydrogen-bond acceptors (Lipinski definition) is 2. The van der Waals surface area contributed by atoms with Gasteiger partial charge in [0.15, 0.2) is 0 Å². The third-order valence-corrected chi connectivity index (χ3v) is 5.49. The van der Waals surface area contributed by atoms with Crippen molar-refractivity contribution >= 4 is 0 Å². The Morgan fingerprint density at radius 2 is 1.94 bits per heavy atom. The lowest BCUT2D eigenvalue weighted by Gasteiger charge is -2.48. The van der Waals surface area contributed by atoms with Gasteiger partial charge < -0.3 is 5.32 Å². The highest BCUT2D eigenvalue weighted by molar-refractivity contribution is 4.97. The summed E-state index contributed by atoms with van der Waals surface area (Å²) in [4.78, 5) is 2.85. The third kappa shape index (κ3) is 2.75. The summed E-state index contributed by atoms with van der Waals surface area (Å²) in [5.41, 5.74) is 0.572. The Balaban J connectivity index is 1.65. The molecule has 104 valence electrons. The average molecular weight is 250 g/mol. The molecule has 0 spiro atoms. The molecular formula is C16H30N2. The second kappa shape index (κ2) is 4.79. The highest BCUT2D eigenvalue weighted by atomic mass is 15.3. The van der Waals surface area contributed by atoms with Crippen molar-refractivity contribution in [2.75, 3.05) is 13.1 Å². The van der Waals surface area contributed by atoms with E-state index in [0.29, 0.717) is 5.41 Å². The second-order valence-electron chi connectivity index (χ2n) is 7.81. The molecular weight excluding hydrogens is 220 g/mol. The maximum absolute atomic E-state index is 3.78. The first-order chi connectivity index (χ1) is 8.55. The van der Waals surface area contributed by atoms with Crippen molar-refractivity contribution in [2.45, 2.75) is 77.4 Å². The zero-order chi connectivity index (χ0) is 12.8. The molecule has 0 radical (unpaired) electrons. The maximum atomic E-state index is 3.78. The molecule has 3 rings (SSSR count). The molecule has 1 heterocycles. The Bertz CT molecular complexity index is 295. The lowest BCUT2D eigenvalue weighted by molar-refractivity contribution is 0.0343. The summed E-state index contributed by atoms with van der Waals surface area (Å²) in [5.74, 6) is 0.997. The minimum atomic E-state index is 0.572. The minimum absolute atomic E-state index is 0.572. The SMILES string of the molecule is CC1CNC(C2CC2)CN1C1CCCC(C)(C)C1. The minimum Gasteiger partial charge on any atom is -0.311 e. The van der Waals surface area contributed by atoms with E-state index in [2.05, 4.69) is 31.0 Å². The summed E-state index contributed by atoms with van der Waals surface area (Å²) in [6, 6.07) is 2.39. The van der Waals surface area contributed by atoms with E-state index in [4.69, 9.17) is 0 Å². The van der Waals surface area contributed by atoms with Crippen LogP contribution in [0.3, 0.4) is 0 Å². The van der Waals surface area contributed by atoms with Gasteiger partial charge in [0.1, 0.15) is 0 Å². The fourth-order valence-corrected chi connectivity index (χ4v) is 4.18. The molecule has 2 nitrogen and oxygen atoms in total. The molecule has 3 atom stereocenters. The molecule has 1 aliphatic heterocycles. The quantitative estimate of drug-likeness (QED) is 0.810. The number of rotatable bonds is 2. The van der Waals surface area contributed by atoms with E-state index in [1.807, 2.05) is 0 Å². The largest absolute Gasteiger partial charge is 0.311 e. The summed E-state index contributed by atoms with van der Waals surface area (Å²) in [6.45, 7) is 9.86. The van der Waals surface area contributed by atoms with Crippen molar-refractivity contribution < 1.29 is 0 Å². The molecule has 0 amide bonds. The van der Waals surface area contributed by atoms with E-state index in [0.717, 1.165) is 24.0 Å². The molecule has 0 aromatic carbocycles. The molecule has 3 aliphatic rings. The fraction of sp³-hybridized carbons (Fsp3) is 1.00. The zero-order valence-corrected chi connectivity index (χ0v) is 12.4. The van der Waals surface area contributed by atoms with Gasteiger partial charge in [0.25, 0.3) is 0 Å². The fourth-order valence-electron chi connectivity index (χ4n) is 4.18. The van der Waals surface area contributed by atoms with Crippen molar-refractivity contribution in [3.05, 3.63) is 0 Å². The Hall–Kier alpha value is -0.0800. The van der Waals surface area contributed by atoms with Crippen molar-refractivity contribution in [2.24, 2.45) is 11.3 Å². The summed E-state index contributed by atoms with van der Waals surface area (Å²) >= 11 is 0. The van der Waals surface area contributed by atoms with Gasteiger partial charge in [-0.1, -0.05) is 20.3 Å². The van der Waals surface area contributed by atoms with Crippen LogP contribution < -0.4 is 5.32 Å². The van der Waals surface area contributed by atoms with Crippen LogP contribution in [0.25, 0.3) is 0 Å². The Morgan fingerprint density at radius 3 is 2.61 bits per heavy atom. The smallest absolute Gasteiger partial charge is 0.0224 e. The van der Waals surface area contributed by atoms with Crippen LogP contribution in [0.15, 0.2) is 0 Å². The van der Waals surface area contributed by atoms with Crippen molar-refractivity contribution in [3.8, 4) is 0 Å². The first-order valence-corrected chi connectivity index (χ1v) is 8.04. The molecule has 1 N–H and O–H groups in total. The van der Waals surface area contributed by atoms with Crippen molar-refractivity contribution in [1.82, 2.24) is 10.2 Å². The molecule has 0 aromatic heterocycles. The number of nitrogens with one attached hydrogen (secondary N) is 1. The molecule has 2 heteroatoms. The van der Waals surface area contributed by atoms with Crippen LogP contribution in [-0.2, 0) is 0 Å². The molecule has 0 aromatic rings. The number of hydrogen-bond donors (Lipinski definition) is 1. The van der Waals surface area contributed by atoms with Crippen LogP contribution in [0.2, 0.25) is 0 Å². The van der Waals surface area contributed by atoms with Gasteiger partial charge in [-0.25, -0.2) is 0 Å². The van der Waals surface area contributed by atoms with Gasteiger partial charge in [-0.2, -0.15) is 0 Å². The Morgan fingerprint density at radius 1 is 1.17 bits per heavy atom. The van der Waals surface area contributed by atoms with Crippen LogP contribution in [0, 0.1) is 11.3 Å². The number of nitrogens with zero attached hydrogens (tertiary/aromatic N) is 1. The van der Waals surface area contributed by atoms with Gasteiger partial charge in [-0.3, -0.25) is 4.90 Å². The lowest BCUT2D eigenvalue weighted by atomic mass is 9.74. The topological polar surface area (TPSA) is 15.3 Å². The van der Waals surface area contributed by atoms with Crippen molar-refractivity contribution in [1.29, 1.82) is 0 Å². The highest BCUT2D eigenvalue weighted by Crippen LogP contribution is 2.40. The zero-order valence-electron chi connectivity index (χ0n) is 12.4. The van der Waals surface area contributed by atoms with Gasteiger partial charge in [-0.05, 0) is 50.4 Å². The predicted octanol–water partition coefficient (Wildman–Crippen LogP) is 3.03. The Kier molecular flexibility index (Phi) is 3.44. The van der Waals surface area contributed by atoms with E-state index in [9.17, 15) is 0 Å². The van der Waals surface area contributed by atoms with E-state index < -0.39 is 0 Å². The molecule has 2 saturated carbocycles. The molecule has 3 fully saturated rings.